The molecule has 0 amide bonds. The molecular formula is C30H36N2O8S2. The molecule has 2 aliphatic heterocycles. The maximum atomic E-state index is 12.1. The largest absolute Gasteiger partial charge is 0.748 e. The summed E-state index contributed by atoms with van der Waals surface area (Å²) < 4.78 is 67.8. The van der Waals surface area contributed by atoms with Gasteiger partial charge >= 0.3 is 5.97 Å². The van der Waals surface area contributed by atoms with Gasteiger partial charge in [-0.05, 0) is 44.0 Å². The van der Waals surface area contributed by atoms with E-state index in [4.69, 9.17) is 0 Å². The Labute approximate surface area is 247 Å². The van der Waals surface area contributed by atoms with Gasteiger partial charge in [0, 0.05) is 47.7 Å². The Morgan fingerprint density at radius 1 is 0.976 bits per heavy atom. The first-order chi connectivity index (χ1) is 19.4. The Hall–Kier alpha value is -3.32. The summed E-state index contributed by atoms with van der Waals surface area (Å²) in [7, 11) is -8.53. The summed E-state index contributed by atoms with van der Waals surface area (Å²) in [6.07, 6.45) is 5.97. The van der Waals surface area contributed by atoms with Gasteiger partial charge in [-0.25, -0.2) is 13.2 Å². The molecule has 2 aromatic rings. The summed E-state index contributed by atoms with van der Waals surface area (Å²) in [5.74, 6) is -1.96. The molecule has 12 heteroatoms. The normalized spacial score (nSPS) is 18.6. The molecule has 2 N–H and O–H groups in total. The fraction of sp³-hybridized carbons (Fsp3) is 0.400. The summed E-state index contributed by atoms with van der Waals surface area (Å²) in [5.41, 5.74) is 3.93. The van der Waals surface area contributed by atoms with Crippen LogP contribution >= 0.6 is 0 Å². The van der Waals surface area contributed by atoms with Crippen molar-refractivity contribution in [3.8, 4) is 0 Å². The molecule has 4 rings (SSSR count). The molecule has 10 nitrogen and oxygen atoms in total. The summed E-state index contributed by atoms with van der Waals surface area (Å²) >= 11 is 0. The van der Waals surface area contributed by atoms with Gasteiger partial charge in [-0.2, -0.15) is 13.0 Å². The fourth-order valence-corrected chi connectivity index (χ4v) is 7.13. The second-order valence-electron chi connectivity index (χ2n) is 11.6. The van der Waals surface area contributed by atoms with Crippen molar-refractivity contribution in [2.45, 2.75) is 51.4 Å². The Balaban J connectivity index is 1.77. The average Bonchev–Trinajstić information content (AvgIpc) is 3.22. The Kier molecular flexibility index (Phi) is 8.58. The SMILES string of the molecule is CC1(C)C(/C=C/C=C2/N(CCCS(=O)(=O)[O-])c3ccccc3C2(C)C)=[N+](CCCS(=O)(=O)O)c2cccc(C(=O)O)c21. The van der Waals surface area contributed by atoms with E-state index in [0.29, 0.717) is 17.8 Å². The molecular weight excluding hydrogens is 580 g/mol. The summed E-state index contributed by atoms with van der Waals surface area (Å²) in [6, 6.07) is 12.8. The molecule has 0 saturated carbocycles. The number of hydrogen-bond acceptors (Lipinski definition) is 7. The highest BCUT2D eigenvalue weighted by molar-refractivity contribution is 7.85. The topological polar surface area (TPSA) is 155 Å². The minimum absolute atomic E-state index is 0.128. The second kappa shape index (κ2) is 11.4. The molecule has 0 aromatic heterocycles. The van der Waals surface area contributed by atoms with Crippen LogP contribution in [0.4, 0.5) is 11.4 Å². The lowest BCUT2D eigenvalue weighted by Crippen LogP contribution is -2.30. The van der Waals surface area contributed by atoms with Gasteiger partial charge in [-0.15, -0.1) is 0 Å². The molecule has 42 heavy (non-hydrogen) atoms. The summed E-state index contributed by atoms with van der Waals surface area (Å²) in [6.45, 7) is 8.54. The number of benzene rings is 2. The Bertz CT molecular complexity index is 1720. The molecule has 0 radical (unpaired) electrons. The number of carboxylic acids is 1. The molecule has 0 unspecified atom stereocenters. The molecule has 0 bridgehead atoms. The number of carbonyl (C=O) groups is 1. The van der Waals surface area contributed by atoms with Gasteiger partial charge in [0.25, 0.3) is 10.1 Å². The number of allylic oxidation sites excluding steroid dienone is 4. The molecule has 0 spiro atoms. The lowest BCUT2D eigenvalue weighted by atomic mass is 9.79. The van der Waals surface area contributed by atoms with Crippen molar-refractivity contribution in [3.63, 3.8) is 0 Å². The van der Waals surface area contributed by atoms with E-state index >= 15 is 0 Å². The zero-order valence-corrected chi connectivity index (χ0v) is 25.7. The first-order valence-electron chi connectivity index (χ1n) is 13.6. The number of aromatic carboxylic acids is 1. The monoisotopic (exact) mass is 616 g/mol. The fourth-order valence-electron chi connectivity index (χ4n) is 6.15. The maximum absolute atomic E-state index is 12.1. The van der Waals surface area contributed by atoms with E-state index < -0.39 is 48.5 Å². The maximum Gasteiger partial charge on any atom is 0.336 e. The first-order valence-corrected chi connectivity index (χ1v) is 16.8. The van der Waals surface area contributed by atoms with E-state index in [2.05, 4.69) is 13.8 Å². The molecule has 0 fully saturated rings. The number of rotatable bonds is 11. The number of para-hydroxylation sites is 1. The van der Waals surface area contributed by atoms with Crippen LogP contribution in [-0.4, -0.2) is 71.9 Å². The average molecular weight is 617 g/mol. The van der Waals surface area contributed by atoms with Crippen molar-refractivity contribution < 1.29 is 40.4 Å². The van der Waals surface area contributed by atoms with Crippen LogP contribution in [-0.2, 0) is 31.1 Å². The molecule has 2 heterocycles. The molecule has 0 atom stereocenters. The van der Waals surface area contributed by atoms with E-state index in [9.17, 15) is 35.8 Å². The van der Waals surface area contributed by atoms with Crippen LogP contribution in [0.5, 0.6) is 0 Å². The number of fused-ring (bicyclic) bond motifs is 2. The second-order valence-corrected chi connectivity index (χ2v) is 14.7. The summed E-state index contributed by atoms with van der Waals surface area (Å²) in [4.78, 5) is 14.2. The van der Waals surface area contributed by atoms with Crippen molar-refractivity contribution in [1.82, 2.24) is 0 Å². The standard InChI is InChI=1S/C30H36N2O8S2/c1-29(2)22-12-5-6-13-23(22)31(17-9-19-41(35,36)37)25(29)15-8-16-26-30(3,4)27-21(28(33)34)11-7-14-24(27)32(26)18-10-20-42(38,39)40/h5-8,11-16H,9-10,17-20H2,1-4H3,(H2-,33,34,35,36,37,38,39,40). The number of hydrogen-bond donors (Lipinski definition) is 2. The number of anilines is 1. The van der Waals surface area contributed by atoms with Gasteiger partial charge in [0.1, 0.15) is 6.54 Å². The van der Waals surface area contributed by atoms with Gasteiger partial charge in [0.15, 0.2) is 5.71 Å². The third-order valence-corrected chi connectivity index (χ3v) is 9.58. The zero-order chi connectivity index (χ0) is 31.1. The molecule has 2 aliphatic rings. The predicted molar refractivity (Wildman–Crippen MR) is 160 cm³/mol. The van der Waals surface area contributed by atoms with E-state index in [-0.39, 0.29) is 24.9 Å². The third-order valence-electron chi connectivity index (χ3n) is 7.99. The number of carboxylic acid groups (broad SMARTS) is 1. The zero-order valence-electron chi connectivity index (χ0n) is 24.1. The highest BCUT2D eigenvalue weighted by Crippen LogP contribution is 2.48. The first kappa shape index (κ1) is 31.6. The van der Waals surface area contributed by atoms with Crippen molar-refractivity contribution in [2.24, 2.45) is 0 Å². The van der Waals surface area contributed by atoms with E-state index in [1.807, 2.05) is 65.8 Å². The Morgan fingerprint density at radius 2 is 1.67 bits per heavy atom. The minimum atomic E-state index is -4.35. The van der Waals surface area contributed by atoms with Crippen LogP contribution in [0.1, 0.15) is 62.0 Å². The minimum Gasteiger partial charge on any atom is -0.748 e. The molecule has 2 aromatic carbocycles. The quantitative estimate of drug-likeness (QED) is 0.279. The Morgan fingerprint density at radius 3 is 2.31 bits per heavy atom. The van der Waals surface area contributed by atoms with Crippen LogP contribution in [0, 0.1) is 0 Å². The van der Waals surface area contributed by atoms with Crippen LogP contribution in [0.2, 0.25) is 0 Å². The van der Waals surface area contributed by atoms with Gasteiger partial charge < -0.3 is 14.6 Å². The van der Waals surface area contributed by atoms with E-state index in [1.165, 1.54) is 0 Å². The van der Waals surface area contributed by atoms with Gasteiger partial charge in [-0.3, -0.25) is 4.55 Å². The van der Waals surface area contributed by atoms with Crippen LogP contribution in [0.3, 0.4) is 0 Å². The van der Waals surface area contributed by atoms with Crippen molar-refractivity contribution >= 4 is 43.3 Å². The molecule has 0 aliphatic carbocycles. The molecule has 226 valence electrons. The van der Waals surface area contributed by atoms with Gasteiger partial charge in [0.05, 0.1) is 32.4 Å². The van der Waals surface area contributed by atoms with E-state index in [1.54, 1.807) is 18.2 Å². The number of nitrogens with zero attached hydrogens (tertiary/aromatic N) is 2. The van der Waals surface area contributed by atoms with Crippen molar-refractivity contribution in [3.05, 3.63) is 83.1 Å². The van der Waals surface area contributed by atoms with Crippen LogP contribution < -0.4 is 4.90 Å². The van der Waals surface area contributed by atoms with Gasteiger partial charge in [-0.1, -0.05) is 44.2 Å². The third kappa shape index (κ3) is 6.36. The molecule has 0 saturated heterocycles. The van der Waals surface area contributed by atoms with E-state index in [0.717, 1.165) is 22.7 Å². The lowest BCUT2D eigenvalue weighted by Gasteiger charge is -2.27. The summed E-state index contributed by atoms with van der Waals surface area (Å²) in [5, 5.41) is 9.92. The highest BCUT2D eigenvalue weighted by Gasteiger charge is 2.47. The van der Waals surface area contributed by atoms with Crippen molar-refractivity contribution in [1.29, 1.82) is 0 Å². The smallest absolute Gasteiger partial charge is 0.336 e. The lowest BCUT2D eigenvalue weighted by molar-refractivity contribution is -0.437. The van der Waals surface area contributed by atoms with Crippen LogP contribution in [0.15, 0.2) is 66.4 Å². The van der Waals surface area contributed by atoms with Gasteiger partial charge in [0.2, 0.25) is 5.69 Å². The van der Waals surface area contributed by atoms with Crippen molar-refractivity contribution in [2.75, 3.05) is 29.5 Å². The predicted octanol–water partition coefficient (Wildman–Crippen LogP) is 4.21. The highest BCUT2D eigenvalue weighted by atomic mass is 32.2. The van der Waals surface area contributed by atoms with Crippen LogP contribution in [0.25, 0.3) is 0 Å².